The van der Waals surface area contributed by atoms with Crippen LogP contribution in [0.15, 0.2) is 243 Å². The molecule has 304 valence electrons. The molecule has 0 fully saturated rings. The van der Waals surface area contributed by atoms with Gasteiger partial charge in [0.15, 0.2) is 0 Å². The van der Waals surface area contributed by atoms with Crippen LogP contribution >= 0.6 is 14.5 Å². The quantitative estimate of drug-likeness (QED) is 0.115. The SMILES string of the molecule is CCCC[P+](c1ccccc1)(c1ccccc1)c1ccccc1.CCCC[P+](c1ccccc1)(c1ccccc1)c1ccccc1.[O-]c1ccccc1.[O-]c1ccccc1. The summed E-state index contributed by atoms with van der Waals surface area (Å²) in [6.45, 7) is 4.57. The van der Waals surface area contributed by atoms with Gasteiger partial charge in [-0.25, -0.2) is 0 Å². The van der Waals surface area contributed by atoms with Crippen LogP contribution in [0.3, 0.4) is 0 Å². The van der Waals surface area contributed by atoms with Gasteiger partial charge in [-0.05, 0) is 85.6 Å². The number of benzene rings is 8. The average Bonchev–Trinajstić information content (AvgIpc) is 3.33. The van der Waals surface area contributed by atoms with E-state index in [9.17, 15) is 10.2 Å². The predicted octanol–water partition coefficient (Wildman–Crippen LogP) is 11.1. The Kier molecular flexibility index (Phi) is 18.9. The first-order chi connectivity index (χ1) is 29.5. The molecule has 0 aromatic heterocycles. The molecule has 0 amide bonds. The summed E-state index contributed by atoms with van der Waals surface area (Å²) >= 11 is 0. The third-order valence-electron chi connectivity index (χ3n) is 10.4. The topological polar surface area (TPSA) is 46.1 Å². The zero-order chi connectivity index (χ0) is 42.1. The van der Waals surface area contributed by atoms with Crippen molar-refractivity contribution in [2.24, 2.45) is 0 Å². The lowest BCUT2D eigenvalue weighted by Crippen LogP contribution is -2.33. The summed E-state index contributed by atoms with van der Waals surface area (Å²) in [5.74, 6) is 0.144. The molecule has 0 N–H and O–H groups in total. The van der Waals surface area contributed by atoms with Gasteiger partial charge in [-0.15, -0.1) is 11.5 Å². The van der Waals surface area contributed by atoms with Crippen LogP contribution in [-0.4, -0.2) is 12.3 Å². The highest BCUT2D eigenvalue weighted by Crippen LogP contribution is 2.57. The Labute approximate surface area is 361 Å². The molecule has 0 spiro atoms. The van der Waals surface area contributed by atoms with E-state index in [4.69, 9.17) is 0 Å². The first-order valence-corrected chi connectivity index (χ1v) is 25.0. The normalized spacial score (nSPS) is 10.7. The minimum absolute atomic E-state index is 0.0718. The van der Waals surface area contributed by atoms with Crippen LogP contribution in [0.5, 0.6) is 11.5 Å². The molecular weight excluding hydrogens is 767 g/mol. The van der Waals surface area contributed by atoms with Gasteiger partial charge in [-0.3, -0.25) is 0 Å². The van der Waals surface area contributed by atoms with Gasteiger partial charge in [0, 0.05) is 0 Å². The summed E-state index contributed by atoms with van der Waals surface area (Å²) in [6, 6.07) is 83.4. The van der Waals surface area contributed by atoms with Gasteiger partial charge in [-0.2, -0.15) is 0 Å². The van der Waals surface area contributed by atoms with Crippen LogP contribution in [0.1, 0.15) is 39.5 Å². The van der Waals surface area contributed by atoms with Gasteiger partial charge in [0.1, 0.15) is 46.4 Å². The Morgan fingerprint density at radius 2 is 0.433 bits per heavy atom. The summed E-state index contributed by atoms with van der Waals surface area (Å²) in [6.07, 6.45) is 7.45. The van der Waals surface area contributed by atoms with E-state index in [1.807, 2.05) is 12.1 Å². The first kappa shape index (κ1) is 45.3. The summed E-state index contributed by atoms with van der Waals surface area (Å²) in [5, 5.41) is 29.5. The maximum Gasteiger partial charge on any atom is 0.112 e. The zero-order valence-corrected chi connectivity index (χ0v) is 36.8. The Morgan fingerprint density at radius 1 is 0.267 bits per heavy atom. The minimum atomic E-state index is -1.57. The van der Waals surface area contributed by atoms with Crippen molar-refractivity contribution >= 4 is 46.4 Å². The fourth-order valence-electron chi connectivity index (χ4n) is 7.40. The van der Waals surface area contributed by atoms with Crippen LogP contribution in [-0.2, 0) is 0 Å². The number of rotatable bonds is 12. The van der Waals surface area contributed by atoms with Crippen molar-refractivity contribution < 1.29 is 10.2 Å². The third-order valence-corrected chi connectivity index (χ3v) is 19.4. The second-order valence-electron chi connectivity index (χ2n) is 14.4. The van der Waals surface area contributed by atoms with Crippen molar-refractivity contribution in [3.05, 3.63) is 243 Å². The molecule has 0 aliphatic carbocycles. The molecule has 0 atom stereocenters. The van der Waals surface area contributed by atoms with E-state index in [2.05, 4.69) is 196 Å². The van der Waals surface area contributed by atoms with Gasteiger partial charge >= 0.3 is 0 Å². The largest absolute Gasteiger partial charge is 0.872 e. The van der Waals surface area contributed by atoms with Crippen molar-refractivity contribution in [1.82, 2.24) is 0 Å². The maximum absolute atomic E-state index is 10.3. The Hall–Kier alpha value is -5.78. The molecule has 8 aromatic rings. The maximum atomic E-state index is 10.3. The van der Waals surface area contributed by atoms with Gasteiger partial charge < -0.3 is 10.2 Å². The lowest BCUT2D eigenvalue weighted by Gasteiger charge is -2.27. The van der Waals surface area contributed by atoms with Gasteiger partial charge in [0.25, 0.3) is 0 Å². The molecule has 0 aliphatic heterocycles. The predicted molar refractivity (Wildman–Crippen MR) is 262 cm³/mol. The number of hydrogen-bond donors (Lipinski definition) is 0. The molecule has 0 saturated heterocycles. The molecule has 8 rings (SSSR count). The van der Waals surface area contributed by atoms with E-state index in [1.165, 1.54) is 94.1 Å². The second kappa shape index (κ2) is 25.0. The molecule has 2 nitrogen and oxygen atoms in total. The van der Waals surface area contributed by atoms with Crippen LogP contribution < -0.4 is 42.0 Å². The third kappa shape index (κ3) is 12.6. The fraction of sp³-hybridized carbons (Fsp3) is 0.143. The zero-order valence-electron chi connectivity index (χ0n) is 35.0. The van der Waals surface area contributed by atoms with E-state index in [1.54, 1.807) is 24.3 Å². The monoisotopic (exact) mass is 824 g/mol. The standard InChI is InChI=1S/2C22H24P.2C6H6O/c2*1-2-3-19-23(20-13-7-4-8-14-20,21-15-9-5-10-16-21)22-17-11-6-12-18-22;2*7-6-4-2-1-3-5-6/h2*4-18H,2-3,19H2,1H3;2*1-5,7H/q2*+1;;/p-2. The van der Waals surface area contributed by atoms with E-state index in [0.717, 1.165) is 0 Å². The van der Waals surface area contributed by atoms with Gasteiger partial charge in [0.2, 0.25) is 0 Å². The summed E-state index contributed by atoms with van der Waals surface area (Å²) in [5.41, 5.74) is 0. The molecule has 8 aromatic carbocycles. The summed E-state index contributed by atoms with van der Waals surface area (Å²) < 4.78 is 0. The van der Waals surface area contributed by atoms with Crippen LogP contribution in [0.25, 0.3) is 0 Å². The molecule has 0 bridgehead atoms. The van der Waals surface area contributed by atoms with E-state index in [-0.39, 0.29) is 11.5 Å². The Morgan fingerprint density at radius 3 is 0.567 bits per heavy atom. The van der Waals surface area contributed by atoms with Crippen molar-refractivity contribution in [1.29, 1.82) is 0 Å². The highest BCUT2D eigenvalue weighted by molar-refractivity contribution is 7.96. The molecule has 0 heterocycles. The van der Waals surface area contributed by atoms with E-state index in [0.29, 0.717) is 0 Å². The lowest BCUT2D eigenvalue weighted by atomic mass is 10.3. The van der Waals surface area contributed by atoms with E-state index >= 15 is 0 Å². The van der Waals surface area contributed by atoms with Crippen molar-refractivity contribution in [2.75, 3.05) is 12.3 Å². The Bertz CT molecular complexity index is 1910. The van der Waals surface area contributed by atoms with Crippen LogP contribution in [0, 0.1) is 0 Å². The summed E-state index contributed by atoms with van der Waals surface area (Å²) in [7, 11) is -3.14. The van der Waals surface area contributed by atoms with Gasteiger partial charge in [0.05, 0.1) is 12.3 Å². The van der Waals surface area contributed by atoms with Crippen molar-refractivity contribution in [3.8, 4) is 11.5 Å². The Balaban J connectivity index is 0.000000172. The van der Waals surface area contributed by atoms with Crippen molar-refractivity contribution in [3.63, 3.8) is 0 Å². The fourth-order valence-corrected chi connectivity index (χ4v) is 16.4. The molecule has 0 saturated carbocycles. The number of para-hydroxylation sites is 2. The number of unbranched alkanes of at least 4 members (excludes halogenated alkanes) is 2. The minimum Gasteiger partial charge on any atom is -0.872 e. The van der Waals surface area contributed by atoms with E-state index < -0.39 is 14.5 Å². The molecular formula is C56H58O2P2. The second-order valence-corrected chi connectivity index (χ2v) is 21.6. The highest BCUT2D eigenvalue weighted by Gasteiger charge is 2.45. The summed E-state index contributed by atoms with van der Waals surface area (Å²) in [4.78, 5) is 0. The van der Waals surface area contributed by atoms with Crippen LogP contribution in [0.4, 0.5) is 0 Å². The lowest BCUT2D eigenvalue weighted by molar-refractivity contribution is -0.269. The smallest absolute Gasteiger partial charge is 0.112 e. The van der Waals surface area contributed by atoms with Gasteiger partial charge in [-0.1, -0.05) is 197 Å². The molecule has 0 radical (unpaired) electrons. The van der Waals surface area contributed by atoms with Crippen LogP contribution in [0.2, 0.25) is 0 Å². The molecule has 0 unspecified atom stereocenters. The molecule has 60 heavy (non-hydrogen) atoms. The highest BCUT2D eigenvalue weighted by atomic mass is 31.2. The first-order valence-electron chi connectivity index (χ1n) is 21.1. The molecule has 4 heteroatoms. The molecule has 0 aliphatic rings. The average molecular weight is 825 g/mol. The number of hydrogen-bond acceptors (Lipinski definition) is 2. The van der Waals surface area contributed by atoms with Crippen molar-refractivity contribution in [2.45, 2.75) is 39.5 Å².